The molecule has 0 bridgehead atoms. The number of nitrogens with one attached hydrogen (secondary N) is 1. The van der Waals surface area contributed by atoms with E-state index in [2.05, 4.69) is 5.32 Å². The van der Waals surface area contributed by atoms with Gasteiger partial charge in [0.2, 0.25) is 15.9 Å². The lowest BCUT2D eigenvalue weighted by Crippen LogP contribution is -2.47. The van der Waals surface area contributed by atoms with Crippen LogP contribution in [-0.4, -0.2) is 44.3 Å². The van der Waals surface area contributed by atoms with Crippen LogP contribution in [0.2, 0.25) is 0 Å². The third kappa shape index (κ3) is 3.66. The van der Waals surface area contributed by atoms with E-state index in [1.54, 1.807) is 30.3 Å². The Kier molecular flexibility index (Phi) is 5.55. The van der Waals surface area contributed by atoms with Crippen molar-refractivity contribution in [1.82, 2.24) is 9.62 Å². The Labute approximate surface area is 131 Å². The SMILES string of the molecule is CC(CN)CNC(=O)C1CCCN1S(=O)(=O)c1ccccc1. The molecule has 6 nitrogen and oxygen atoms in total. The van der Waals surface area contributed by atoms with Crippen LogP contribution in [0.3, 0.4) is 0 Å². The summed E-state index contributed by atoms with van der Waals surface area (Å²) in [5.41, 5.74) is 5.53. The van der Waals surface area contributed by atoms with E-state index in [4.69, 9.17) is 5.73 Å². The molecule has 2 unspecified atom stereocenters. The van der Waals surface area contributed by atoms with Crippen molar-refractivity contribution in [2.45, 2.75) is 30.7 Å². The van der Waals surface area contributed by atoms with Crippen LogP contribution in [0, 0.1) is 5.92 Å². The molecule has 22 heavy (non-hydrogen) atoms. The van der Waals surface area contributed by atoms with E-state index in [-0.39, 0.29) is 16.7 Å². The lowest BCUT2D eigenvalue weighted by Gasteiger charge is -2.24. The zero-order chi connectivity index (χ0) is 16.2. The second-order valence-corrected chi connectivity index (χ2v) is 7.56. The molecule has 3 N–H and O–H groups in total. The van der Waals surface area contributed by atoms with Gasteiger partial charge in [-0.2, -0.15) is 4.31 Å². The zero-order valence-corrected chi connectivity index (χ0v) is 13.6. The number of benzene rings is 1. The van der Waals surface area contributed by atoms with Crippen molar-refractivity contribution in [1.29, 1.82) is 0 Å². The van der Waals surface area contributed by atoms with Crippen LogP contribution in [0.25, 0.3) is 0 Å². The minimum absolute atomic E-state index is 0.171. The monoisotopic (exact) mass is 325 g/mol. The fourth-order valence-corrected chi connectivity index (χ4v) is 4.17. The predicted molar refractivity (Wildman–Crippen MR) is 84.6 cm³/mol. The van der Waals surface area contributed by atoms with Crippen molar-refractivity contribution in [3.63, 3.8) is 0 Å². The third-order valence-corrected chi connectivity index (χ3v) is 5.81. The number of hydrogen-bond acceptors (Lipinski definition) is 4. The normalized spacial score (nSPS) is 20.7. The van der Waals surface area contributed by atoms with Gasteiger partial charge >= 0.3 is 0 Å². The average Bonchev–Trinajstić information content (AvgIpc) is 3.03. The molecule has 1 aromatic carbocycles. The molecule has 0 radical (unpaired) electrons. The molecule has 0 spiro atoms. The molecule has 122 valence electrons. The van der Waals surface area contributed by atoms with E-state index in [0.29, 0.717) is 32.5 Å². The van der Waals surface area contributed by atoms with Gasteiger partial charge in [0, 0.05) is 13.1 Å². The second kappa shape index (κ2) is 7.21. The number of sulfonamides is 1. The van der Waals surface area contributed by atoms with E-state index in [1.165, 1.54) is 4.31 Å². The van der Waals surface area contributed by atoms with Crippen LogP contribution in [0.4, 0.5) is 0 Å². The Morgan fingerprint density at radius 3 is 2.73 bits per heavy atom. The van der Waals surface area contributed by atoms with E-state index >= 15 is 0 Å². The largest absolute Gasteiger partial charge is 0.354 e. The lowest BCUT2D eigenvalue weighted by molar-refractivity contribution is -0.124. The first kappa shape index (κ1) is 16.9. The van der Waals surface area contributed by atoms with Gasteiger partial charge in [0.05, 0.1) is 4.90 Å². The number of carbonyl (C=O) groups is 1. The lowest BCUT2D eigenvalue weighted by atomic mass is 10.1. The summed E-state index contributed by atoms with van der Waals surface area (Å²) in [5.74, 6) is -0.0677. The van der Waals surface area contributed by atoms with Crippen LogP contribution < -0.4 is 11.1 Å². The van der Waals surface area contributed by atoms with E-state index in [9.17, 15) is 13.2 Å². The molecule has 1 fully saturated rings. The summed E-state index contributed by atoms with van der Waals surface area (Å²) in [6.45, 7) is 3.26. The van der Waals surface area contributed by atoms with Gasteiger partial charge in [-0.15, -0.1) is 0 Å². The zero-order valence-electron chi connectivity index (χ0n) is 12.7. The Hall–Kier alpha value is -1.44. The summed E-state index contributed by atoms with van der Waals surface area (Å²) >= 11 is 0. The highest BCUT2D eigenvalue weighted by Gasteiger charge is 2.39. The van der Waals surface area contributed by atoms with Gasteiger partial charge < -0.3 is 11.1 Å². The first-order chi connectivity index (χ1) is 10.5. The molecule has 1 aromatic rings. The number of rotatable bonds is 6. The van der Waals surface area contributed by atoms with Gasteiger partial charge in [0.15, 0.2) is 0 Å². The van der Waals surface area contributed by atoms with Crippen LogP contribution in [0.5, 0.6) is 0 Å². The molecule has 2 atom stereocenters. The summed E-state index contributed by atoms with van der Waals surface area (Å²) in [5, 5.41) is 2.80. The minimum atomic E-state index is -3.63. The first-order valence-corrected chi connectivity index (χ1v) is 8.95. The number of carbonyl (C=O) groups excluding carboxylic acids is 1. The molecule has 1 aliphatic heterocycles. The maximum absolute atomic E-state index is 12.7. The number of hydrogen-bond donors (Lipinski definition) is 2. The highest BCUT2D eigenvalue weighted by Crippen LogP contribution is 2.26. The van der Waals surface area contributed by atoms with Crippen molar-refractivity contribution in [2.24, 2.45) is 11.7 Å². The minimum Gasteiger partial charge on any atom is -0.354 e. The molecule has 1 amide bonds. The van der Waals surface area contributed by atoms with Gasteiger partial charge in [-0.25, -0.2) is 8.42 Å². The van der Waals surface area contributed by atoms with Crippen molar-refractivity contribution in [3.8, 4) is 0 Å². The van der Waals surface area contributed by atoms with Gasteiger partial charge in [0.1, 0.15) is 6.04 Å². The molecule has 1 heterocycles. The topological polar surface area (TPSA) is 92.5 Å². The average molecular weight is 325 g/mol. The van der Waals surface area contributed by atoms with Crippen molar-refractivity contribution < 1.29 is 13.2 Å². The summed E-state index contributed by atoms with van der Waals surface area (Å²) in [4.78, 5) is 12.5. The maximum Gasteiger partial charge on any atom is 0.243 e. The van der Waals surface area contributed by atoms with E-state index in [1.807, 2.05) is 6.92 Å². The van der Waals surface area contributed by atoms with E-state index < -0.39 is 16.1 Å². The highest BCUT2D eigenvalue weighted by atomic mass is 32.2. The third-order valence-electron chi connectivity index (χ3n) is 3.88. The first-order valence-electron chi connectivity index (χ1n) is 7.51. The molecule has 0 aliphatic carbocycles. The van der Waals surface area contributed by atoms with Crippen molar-refractivity contribution in [2.75, 3.05) is 19.6 Å². The molecule has 1 saturated heterocycles. The summed E-state index contributed by atoms with van der Waals surface area (Å²) < 4.78 is 26.6. The van der Waals surface area contributed by atoms with Crippen molar-refractivity contribution >= 4 is 15.9 Å². The van der Waals surface area contributed by atoms with Gasteiger partial charge in [-0.1, -0.05) is 25.1 Å². The molecule has 7 heteroatoms. The van der Waals surface area contributed by atoms with Gasteiger partial charge in [-0.3, -0.25) is 4.79 Å². The molecule has 0 aromatic heterocycles. The van der Waals surface area contributed by atoms with Gasteiger partial charge in [-0.05, 0) is 37.4 Å². The molecular weight excluding hydrogens is 302 g/mol. The Balaban J connectivity index is 2.12. The molecule has 2 rings (SSSR count). The quantitative estimate of drug-likeness (QED) is 0.799. The maximum atomic E-state index is 12.7. The predicted octanol–water partition coefficient (Wildman–Crippen LogP) is 0.551. The van der Waals surface area contributed by atoms with Crippen LogP contribution in [-0.2, 0) is 14.8 Å². The fourth-order valence-electron chi connectivity index (χ4n) is 2.49. The summed E-state index contributed by atoms with van der Waals surface area (Å²) in [6, 6.07) is 7.61. The Morgan fingerprint density at radius 2 is 2.09 bits per heavy atom. The van der Waals surface area contributed by atoms with Crippen LogP contribution in [0.15, 0.2) is 35.2 Å². The van der Waals surface area contributed by atoms with Gasteiger partial charge in [0.25, 0.3) is 0 Å². The Bertz CT molecular complexity index is 604. The smallest absolute Gasteiger partial charge is 0.243 e. The molecule has 1 aliphatic rings. The number of amides is 1. The molecule has 0 saturated carbocycles. The Morgan fingerprint density at radius 1 is 1.41 bits per heavy atom. The number of nitrogens with zero attached hydrogens (tertiary/aromatic N) is 1. The summed E-state index contributed by atoms with van der Waals surface area (Å²) in [6.07, 6.45) is 1.24. The second-order valence-electron chi connectivity index (χ2n) is 5.67. The highest BCUT2D eigenvalue weighted by molar-refractivity contribution is 7.89. The van der Waals surface area contributed by atoms with Crippen molar-refractivity contribution in [3.05, 3.63) is 30.3 Å². The summed E-state index contributed by atoms with van der Waals surface area (Å²) in [7, 11) is -3.63. The standard InChI is InChI=1S/C15H23N3O3S/c1-12(10-16)11-17-15(19)14-8-5-9-18(14)22(20,21)13-6-3-2-4-7-13/h2-4,6-7,12,14H,5,8-11,16H2,1H3,(H,17,19). The molecular formula is C15H23N3O3S. The van der Waals surface area contributed by atoms with Crippen LogP contribution in [0.1, 0.15) is 19.8 Å². The van der Waals surface area contributed by atoms with E-state index in [0.717, 1.165) is 0 Å². The fraction of sp³-hybridized carbons (Fsp3) is 0.533. The number of nitrogens with two attached hydrogens (primary N) is 1. The van der Waals surface area contributed by atoms with Crippen LogP contribution >= 0.6 is 0 Å².